The van der Waals surface area contributed by atoms with E-state index in [1.807, 2.05) is 6.07 Å². The Morgan fingerprint density at radius 3 is 3.06 bits per heavy atom. The van der Waals surface area contributed by atoms with E-state index >= 15 is 0 Å². The van der Waals surface area contributed by atoms with Gasteiger partial charge in [-0.3, -0.25) is 4.57 Å². The van der Waals surface area contributed by atoms with Crippen molar-refractivity contribution in [1.29, 1.82) is 0 Å². The second-order valence-electron chi connectivity index (χ2n) is 3.57. The van der Waals surface area contributed by atoms with Crippen molar-refractivity contribution in [2.45, 2.75) is 13.0 Å². The molecule has 0 aromatic carbocycles. The van der Waals surface area contributed by atoms with Gasteiger partial charge >= 0.3 is 0 Å². The Kier molecular flexibility index (Phi) is 4.41. The minimum atomic E-state index is -2.45. The van der Waals surface area contributed by atoms with Gasteiger partial charge in [0.15, 0.2) is 10.4 Å². The van der Waals surface area contributed by atoms with Crippen molar-refractivity contribution in [2.75, 3.05) is 13.2 Å². The standard InChI is InChI=1S/C10H10BrF2N3OS/c11-6-3-7-9(14-4-6)16(10(18)15-7)1-2-17-5-8(12)13/h3-4,8H,1-2,5H2,(H,15,18). The van der Waals surface area contributed by atoms with Gasteiger partial charge in [-0.15, -0.1) is 0 Å². The van der Waals surface area contributed by atoms with E-state index in [4.69, 9.17) is 17.0 Å². The highest BCUT2D eigenvalue weighted by molar-refractivity contribution is 9.10. The Morgan fingerprint density at radius 1 is 1.56 bits per heavy atom. The van der Waals surface area contributed by atoms with Crippen LogP contribution in [-0.2, 0) is 11.3 Å². The van der Waals surface area contributed by atoms with E-state index in [-0.39, 0.29) is 6.61 Å². The number of pyridine rings is 1. The summed E-state index contributed by atoms with van der Waals surface area (Å²) in [6, 6.07) is 1.86. The minimum Gasteiger partial charge on any atom is -0.374 e. The largest absolute Gasteiger partial charge is 0.374 e. The average Bonchev–Trinajstić information content (AvgIpc) is 2.59. The first-order valence-electron chi connectivity index (χ1n) is 5.18. The molecule has 0 unspecified atom stereocenters. The molecule has 2 aromatic rings. The average molecular weight is 338 g/mol. The predicted octanol–water partition coefficient (Wildman–Crippen LogP) is 3.14. The third-order valence-electron chi connectivity index (χ3n) is 2.28. The summed E-state index contributed by atoms with van der Waals surface area (Å²) < 4.78 is 31.7. The maximum Gasteiger partial charge on any atom is 0.261 e. The highest BCUT2D eigenvalue weighted by Gasteiger charge is 2.07. The molecule has 0 bridgehead atoms. The number of nitrogens with zero attached hydrogens (tertiary/aromatic N) is 2. The summed E-state index contributed by atoms with van der Waals surface area (Å²) in [7, 11) is 0. The first-order valence-corrected chi connectivity index (χ1v) is 6.38. The second kappa shape index (κ2) is 5.85. The van der Waals surface area contributed by atoms with Gasteiger partial charge in [0.1, 0.15) is 6.61 Å². The number of rotatable bonds is 5. The maximum atomic E-state index is 11.9. The first-order chi connectivity index (χ1) is 8.58. The van der Waals surface area contributed by atoms with E-state index < -0.39 is 13.0 Å². The van der Waals surface area contributed by atoms with E-state index in [0.717, 1.165) is 9.99 Å². The lowest BCUT2D eigenvalue weighted by Crippen LogP contribution is -2.11. The van der Waals surface area contributed by atoms with Gasteiger partial charge in [-0.2, -0.15) is 0 Å². The monoisotopic (exact) mass is 337 g/mol. The molecule has 2 heterocycles. The SMILES string of the molecule is FC(F)COCCn1c(=S)[nH]c2cc(Br)cnc21. The molecule has 0 spiro atoms. The van der Waals surface area contributed by atoms with E-state index in [9.17, 15) is 8.78 Å². The summed E-state index contributed by atoms with van der Waals surface area (Å²) in [6.45, 7) is -0.00180. The van der Waals surface area contributed by atoms with Crippen molar-refractivity contribution >= 4 is 39.3 Å². The molecule has 1 N–H and O–H groups in total. The van der Waals surface area contributed by atoms with Crippen LogP contribution in [0.5, 0.6) is 0 Å². The lowest BCUT2D eigenvalue weighted by Gasteiger charge is -2.05. The number of hydrogen-bond donors (Lipinski definition) is 1. The lowest BCUT2D eigenvalue weighted by molar-refractivity contribution is 0.0149. The van der Waals surface area contributed by atoms with Crippen LogP contribution in [-0.4, -0.2) is 34.2 Å². The molecule has 0 radical (unpaired) electrons. The first kappa shape index (κ1) is 13.6. The Balaban J connectivity index is 2.13. The summed E-state index contributed by atoms with van der Waals surface area (Å²) in [5.74, 6) is 0. The van der Waals surface area contributed by atoms with Crippen molar-refractivity contribution in [3.63, 3.8) is 0 Å². The number of alkyl halides is 2. The van der Waals surface area contributed by atoms with Crippen LogP contribution < -0.4 is 0 Å². The number of aromatic amines is 1. The fraction of sp³-hybridized carbons (Fsp3) is 0.400. The van der Waals surface area contributed by atoms with Crippen LogP contribution in [0.4, 0.5) is 8.78 Å². The molecule has 0 aliphatic carbocycles. The molecule has 0 aliphatic heterocycles. The van der Waals surface area contributed by atoms with Crippen LogP contribution in [0.15, 0.2) is 16.7 Å². The van der Waals surface area contributed by atoms with E-state index in [1.165, 1.54) is 0 Å². The van der Waals surface area contributed by atoms with Crippen molar-refractivity contribution in [3.8, 4) is 0 Å². The van der Waals surface area contributed by atoms with E-state index in [1.54, 1.807) is 10.8 Å². The van der Waals surface area contributed by atoms with Crippen LogP contribution in [0.25, 0.3) is 11.2 Å². The van der Waals surface area contributed by atoms with Crippen molar-refractivity contribution in [3.05, 3.63) is 21.5 Å². The van der Waals surface area contributed by atoms with Crippen molar-refractivity contribution in [1.82, 2.24) is 14.5 Å². The van der Waals surface area contributed by atoms with Gasteiger partial charge in [-0.25, -0.2) is 13.8 Å². The van der Waals surface area contributed by atoms with Gasteiger partial charge in [0.2, 0.25) is 0 Å². The van der Waals surface area contributed by atoms with Crippen LogP contribution in [0.3, 0.4) is 0 Å². The molecule has 2 rings (SSSR count). The zero-order valence-corrected chi connectivity index (χ0v) is 11.6. The normalized spacial score (nSPS) is 11.6. The molecule has 98 valence electrons. The highest BCUT2D eigenvalue weighted by atomic mass is 79.9. The number of imidazole rings is 1. The number of ether oxygens (including phenoxy) is 1. The molecule has 0 atom stereocenters. The molecule has 18 heavy (non-hydrogen) atoms. The zero-order chi connectivity index (χ0) is 13.1. The summed E-state index contributed by atoms with van der Waals surface area (Å²) in [5.41, 5.74) is 1.48. The molecule has 0 aliphatic rings. The van der Waals surface area contributed by atoms with Gasteiger partial charge in [0.25, 0.3) is 6.43 Å². The number of H-pyrrole nitrogens is 1. The van der Waals surface area contributed by atoms with Crippen molar-refractivity contribution < 1.29 is 13.5 Å². The third-order valence-corrected chi connectivity index (χ3v) is 3.03. The molecule has 0 saturated heterocycles. The van der Waals surface area contributed by atoms with E-state index in [2.05, 4.69) is 25.9 Å². The number of aromatic nitrogens is 3. The number of fused-ring (bicyclic) bond motifs is 1. The fourth-order valence-electron chi connectivity index (χ4n) is 1.55. The molecule has 4 nitrogen and oxygen atoms in total. The quantitative estimate of drug-likeness (QED) is 0.673. The van der Waals surface area contributed by atoms with E-state index in [0.29, 0.717) is 17.0 Å². The predicted molar refractivity (Wildman–Crippen MR) is 69.4 cm³/mol. The smallest absolute Gasteiger partial charge is 0.261 e. The van der Waals surface area contributed by atoms with Crippen LogP contribution in [0.1, 0.15) is 0 Å². The topological polar surface area (TPSA) is 42.8 Å². The molecule has 0 amide bonds. The number of halogens is 3. The number of nitrogens with one attached hydrogen (secondary N) is 1. The highest BCUT2D eigenvalue weighted by Crippen LogP contribution is 2.16. The van der Waals surface area contributed by atoms with Crippen LogP contribution in [0, 0.1) is 4.77 Å². The van der Waals surface area contributed by atoms with Gasteiger partial charge in [-0.05, 0) is 34.2 Å². The fourth-order valence-corrected chi connectivity index (χ4v) is 2.17. The molecule has 2 aromatic heterocycles. The zero-order valence-electron chi connectivity index (χ0n) is 9.20. The van der Waals surface area contributed by atoms with Crippen LogP contribution >= 0.6 is 28.1 Å². The van der Waals surface area contributed by atoms with Crippen molar-refractivity contribution in [2.24, 2.45) is 0 Å². The maximum absolute atomic E-state index is 11.9. The molecule has 0 fully saturated rings. The summed E-state index contributed by atoms with van der Waals surface area (Å²) in [5, 5.41) is 0. The summed E-state index contributed by atoms with van der Waals surface area (Å²) in [6.07, 6.45) is -0.795. The van der Waals surface area contributed by atoms with Gasteiger partial charge in [0.05, 0.1) is 18.7 Å². The number of hydrogen-bond acceptors (Lipinski definition) is 3. The summed E-state index contributed by atoms with van der Waals surface area (Å²) in [4.78, 5) is 7.23. The molecule has 8 heteroatoms. The third kappa shape index (κ3) is 3.12. The Labute approximate surface area is 115 Å². The molecular weight excluding hydrogens is 328 g/mol. The van der Waals surface area contributed by atoms with Gasteiger partial charge in [0, 0.05) is 10.7 Å². The minimum absolute atomic E-state index is 0.170. The van der Waals surface area contributed by atoms with Crippen LogP contribution in [0.2, 0.25) is 0 Å². The Hall–Kier alpha value is -0.860. The molecular formula is C10H10BrF2N3OS. The van der Waals surface area contributed by atoms with Gasteiger partial charge < -0.3 is 9.72 Å². The summed E-state index contributed by atoms with van der Waals surface area (Å²) >= 11 is 8.46. The Morgan fingerprint density at radius 2 is 2.33 bits per heavy atom. The second-order valence-corrected chi connectivity index (χ2v) is 4.87. The lowest BCUT2D eigenvalue weighted by atomic mass is 10.4. The van der Waals surface area contributed by atoms with Gasteiger partial charge in [-0.1, -0.05) is 0 Å². The Bertz CT molecular complexity index is 598. The molecule has 0 saturated carbocycles.